The van der Waals surface area contributed by atoms with Gasteiger partial charge in [0.2, 0.25) is 18.6 Å². The standard InChI is InChI=1S/C18H15NO4/c20-17-15-9-2-3-10(12-6-11(9)12)16(15)18(21)19(17)8-1-4-13-14(5-8)23-7-22-13/h1-5,9-12,15-16H,6-7H2/t9-,10-,11-,12+,15+,16+/m1/s1. The molecule has 5 nitrogen and oxygen atoms in total. The zero-order chi connectivity index (χ0) is 15.3. The number of imide groups is 1. The Morgan fingerprint density at radius 3 is 2.26 bits per heavy atom. The fraction of sp³-hybridized carbons (Fsp3) is 0.444. The van der Waals surface area contributed by atoms with Crippen LogP contribution in [0, 0.1) is 35.5 Å². The van der Waals surface area contributed by atoms with E-state index in [-0.39, 0.29) is 42.3 Å². The van der Waals surface area contributed by atoms with Crippen LogP contribution in [0.5, 0.6) is 11.5 Å². The van der Waals surface area contributed by atoms with Gasteiger partial charge in [0.05, 0.1) is 17.5 Å². The summed E-state index contributed by atoms with van der Waals surface area (Å²) in [5.41, 5.74) is 0.603. The molecule has 3 fully saturated rings. The maximum absolute atomic E-state index is 13.0. The van der Waals surface area contributed by atoms with E-state index >= 15 is 0 Å². The molecule has 4 aliphatic carbocycles. The van der Waals surface area contributed by atoms with Gasteiger partial charge in [0, 0.05) is 6.07 Å². The molecule has 0 spiro atoms. The molecule has 2 aliphatic heterocycles. The number of ether oxygens (including phenoxy) is 2. The third-order valence-electron chi connectivity index (χ3n) is 6.28. The summed E-state index contributed by atoms with van der Waals surface area (Å²) in [6, 6.07) is 5.28. The number of carbonyl (C=O) groups excluding carboxylic acids is 2. The van der Waals surface area contributed by atoms with Crippen molar-refractivity contribution in [2.45, 2.75) is 6.42 Å². The maximum atomic E-state index is 13.0. The first-order chi connectivity index (χ1) is 11.2. The van der Waals surface area contributed by atoms with E-state index in [1.54, 1.807) is 18.2 Å². The van der Waals surface area contributed by atoms with Crippen molar-refractivity contribution >= 4 is 17.5 Å². The molecule has 2 bridgehead atoms. The van der Waals surface area contributed by atoms with Crippen LogP contribution in [0.4, 0.5) is 5.69 Å². The first kappa shape index (κ1) is 12.2. The number of allylic oxidation sites excluding steroid dienone is 2. The smallest absolute Gasteiger partial charge is 0.238 e. The van der Waals surface area contributed by atoms with Gasteiger partial charge in [-0.1, -0.05) is 12.2 Å². The first-order valence-electron chi connectivity index (χ1n) is 8.20. The summed E-state index contributed by atoms with van der Waals surface area (Å²) in [7, 11) is 0. The summed E-state index contributed by atoms with van der Waals surface area (Å²) in [5.74, 6) is 2.62. The molecule has 116 valence electrons. The average Bonchev–Trinajstić information content (AvgIpc) is 3.20. The van der Waals surface area contributed by atoms with Gasteiger partial charge in [0.15, 0.2) is 11.5 Å². The summed E-state index contributed by atoms with van der Waals surface area (Å²) < 4.78 is 10.7. The second kappa shape index (κ2) is 3.78. The molecule has 0 radical (unpaired) electrons. The van der Waals surface area contributed by atoms with Gasteiger partial charge in [-0.15, -0.1) is 0 Å². The fourth-order valence-corrected chi connectivity index (χ4v) is 5.24. The lowest BCUT2D eigenvalue weighted by Gasteiger charge is -2.37. The van der Waals surface area contributed by atoms with E-state index in [9.17, 15) is 9.59 Å². The lowest BCUT2D eigenvalue weighted by molar-refractivity contribution is -0.124. The minimum Gasteiger partial charge on any atom is -0.454 e. The number of anilines is 1. The van der Waals surface area contributed by atoms with Crippen molar-refractivity contribution in [2.24, 2.45) is 35.5 Å². The van der Waals surface area contributed by atoms with E-state index in [4.69, 9.17) is 9.47 Å². The number of nitrogens with zero attached hydrogens (tertiary/aromatic N) is 1. The Balaban J connectivity index is 1.43. The van der Waals surface area contributed by atoms with Gasteiger partial charge in [-0.3, -0.25) is 9.59 Å². The monoisotopic (exact) mass is 309 g/mol. The lowest BCUT2D eigenvalue weighted by Crippen LogP contribution is -2.40. The largest absolute Gasteiger partial charge is 0.454 e. The number of benzene rings is 1. The molecule has 5 heteroatoms. The van der Waals surface area contributed by atoms with Crippen molar-refractivity contribution in [1.82, 2.24) is 0 Å². The van der Waals surface area contributed by atoms with Gasteiger partial charge in [0.25, 0.3) is 0 Å². The Hall–Kier alpha value is -2.30. The van der Waals surface area contributed by atoms with Crippen LogP contribution in [0.15, 0.2) is 30.4 Å². The predicted molar refractivity (Wildman–Crippen MR) is 79.8 cm³/mol. The lowest BCUT2D eigenvalue weighted by atomic mass is 9.63. The zero-order valence-electron chi connectivity index (χ0n) is 12.3. The minimum atomic E-state index is -0.160. The van der Waals surface area contributed by atoms with Crippen molar-refractivity contribution in [3.05, 3.63) is 30.4 Å². The van der Waals surface area contributed by atoms with Crippen LogP contribution in [-0.4, -0.2) is 18.6 Å². The number of carbonyl (C=O) groups is 2. The minimum absolute atomic E-state index is 0.0384. The second-order valence-corrected chi connectivity index (χ2v) is 7.20. The number of rotatable bonds is 1. The van der Waals surface area contributed by atoms with E-state index in [1.165, 1.54) is 11.3 Å². The van der Waals surface area contributed by atoms with Crippen LogP contribution >= 0.6 is 0 Å². The van der Waals surface area contributed by atoms with Crippen molar-refractivity contribution in [1.29, 1.82) is 0 Å². The third-order valence-corrected chi connectivity index (χ3v) is 6.28. The number of hydrogen-bond donors (Lipinski definition) is 0. The van der Waals surface area contributed by atoms with Gasteiger partial charge in [0.1, 0.15) is 0 Å². The van der Waals surface area contributed by atoms with Gasteiger partial charge < -0.3 is 9.47 Å². The fourth-order valence-electron chi connectivity index (χ4n) is 5.24. The summed E-state index contributed by atoms with van der Waals surface area (Å²) in [6.07, 6.45) is 5.56. The van der Waals surface area contributed by atoms with Crippen LogP contribution in [-0.2, 0) is 9.59 Å². The molecule has 1 aromatic rings. The summed E-state index contributed by atoms with van der Waals surface area (Å²) >= 11 is 0. The Labute approximate surface area is 132 Å². The number of fused-ring (bicyclic) bond motifs is 1. The molecule has 0 unspecified atom stereocenters. The number of hydrogen-bond acceptors (Lipinski definition) is 4. The van der Waals surface area contributed by atoms with Crippen LogP contribution in [0.1, 0.15) is 6.42 Å². The highest BCUT2D eigenvalue weighted by atomic mass is 16.7. The van der Waals surface area contributed by atoms with E-state index in [0.29, 0.717) is 29.0 Å². The van der Waals surface area contributed by atoms with Crippen LogP contribution in [0.2, 0.25) is 0 Å². The van der Waals surface area contributed by atoms with E-state index in [2.05, 4.69) is 12.2 Å². The molecular weight excluding hydrogens is 294 g/mol. The zero-order valence-corrected chi connectivity index (χ0v) is 12.3. The maximum Gasteiger partial charge on any atom is 0.238 e. The Bertz CT molecular complexity index is 764. The second-order valence-electron chi connectivity index (χ2n) is 7.20. The highest BCUT2D eigenvalue weighted by Crippen LogP contribution is 2.65. The van der Waals surface area contributed by atoms with Crippen molar-refractivity contribution < 1.29 is 19.1 Å². The van der Waals surface area contributed by atoms with Crippen molar-refractivity contribution in [2.75, 3.05) is 11.7 Å². The van der Waals surface area contributed by atoms with Gasteiger partial charge >= 0.3 is 0 Å². The van der Waals surface area contributed by atoms with E-state index < -0.39 is 0 Å². The molecule has 2 amide bonds. The summed E-state index contributed by atoms with van der Waals surface area (Å²) in [4.78, 5) is 27.4. The molecule has 0 aromatic heterocycles. The highest BCUT2D eigenvalue weighted by Gasteiger charge is 2.67. The third kappa shape index (κ3) is 1.35. The quantitative estimate of drug-likeness (QED) is 0.588. The van der Waals surface area contributed by atoms with Crippen LogP contribution < -0.4 is 14.4 Å². The van der Waals surface area contributed by atoms with Gasteiger partial charge in [-0.2, -0.15) is 0 Å². The van der Waals surface area contributed by atoms with E-state index in [0.717, 1.165) is 0 Å². The highest BCUT2D eigenvalue weighted by molar-refractivity contribution is 6.22. The normalized spacial score (nSPS) is 41.3. The summed E-state index contributed by atoms with van der Waals surface area (Å²) in [5, 5.41) is 0. The molecule has 6 atom stereocenters. The molecule has 2 saturated carbocycles. The molecule has 1 aromatic carbocycles. The van der Waals surface area contributed by atoms with E-state index in [1.807, 2.05) is 0 Å². The van der Waals surface area contributed by atoms with Gasteiger partial charge in [-0.25, -0.2) is 4.90 Å². The molecule has 23 heavy (non-hydrogen) atoms. The molecule has 0 N–H and O–H groups in total. The topological polar surface area (TPSA) is 55.8 Å². The SMILES string of the molecule is O=C1[C@H]2[C@@H]3C=C[C@H]([C@@H]4C[C@H]34)[C@@H]2C(=O)N1c1ccc2c(c1)OCO2. The van der Waals surface area contributed by atoms with Crippen LogP contribution in [0.25, 0.3) is 0 Å². The molecule has 2 heterocycles. The predicted octanol–water partition coefficient (Wildman–Crippen LogP) is 1.97. The average molecular weight is 309 g/mol. The molecule has 7 rings (SSSR count). The Kier molecular flexibility index (Phi) is 2.00. The Morgan fingerprint density at radius 1 is 0.913 bits per heavy atom. The Morgan fingerprint density at radius 2 is 1.57 bits per heavy atom. The van der Waals surface area contributed by atoms with Crippen molar-refractivity contribution in [3.63, 3.8) is 0 Å². The molecule has 6 aliphatic rings. The number of amides is 2. The van der Waals surface area contributed by atoms with Gasteiger partial charge in [-0.05, 0) is 42.2 Å². The first-order valence-corrected chi connectivity index (χ1v) is 8.20. The molecular formula is C18H15NO4. The summed E-state index contributed by atoms with van der Waals surface area (Å²) in [6.45, 7) is 0.184. The van der Waals surface area contributed by atoms with Crippen LogP contribution in [0.3, 0.4) is 0 Å². The van der Waals surface area contributed by atoms with Crippen molar-refractivity contribution in [3.8, 4) is 11.5 Å². The molecule has 1 saturated heterocycles.